The fourth-order valence-corrected chi connectivity index (χ4v) is 3.88. The zero-order valence-electron chi connectivity index (χ0n) is 9.98. The maximum absolute atomic E-state index is 12.5. The van der Waals surface area contributed by atoms with E-state index in [1.54, 1.807) is 6.07 Å². The van der Waals surface area contributed by atoms with E-state index in [1.807, 2.05) is 0 Å². The number of sulfonamides is 1. The molecule has 0 spiro atoms. The minimum atomic E-state index is -3.93. The molecule has 2 N–H and O–H groups in total. The van der Waals surface area contributed by atoms with Crippen molar-refractivity contribution in [2.45, 2.75) is 23.8 Å². The van der Waals surface area contributed by atoms with Crippen LogP contribution < -0.4 is 5.73 Å². The van der Waals surface area contributed by atoms with Gasteiger partial charge in [-0.25, -0.2) is 13.4 Å². The van der Waals surface area contributed by atoms with Crippen LogP contribution in [0.2, 0.25) is 0 Å². The quantitative estimate of drug-likeness (QED) is 0.807. The molecule has 1 aliphatic heterocycles. The number of nitriles is 1. The van der Waals surface area contributed by atoms with Crippen molar-refractivity contribution in [2.24, 2.45) is 5.73 Å². The summed E-state index contributed by atoms with van der Waals surface area (Å²) in [6.07, 6.45) is 2.30. The van der Waals surface area contributed by atoms with Crippen LogP contribution in [0.1, 0.15) is 18.5 Å². The van der Waals surface area contributed by atoms with Crippen molar-refractivity contribution in [3.63, 3.8) is 0 Å². The monoisotopic (exact) mass is 280 g/mol. The third kappa shape index (κ3) is 2.30. The van der Waals surface area contributed by atoms with Crippen LogP contribution in [0.3, 0.4) is 0 Å². The van der Waals surface area contributed by atoms with Gasteiger partial charge in [0.15, 0.2) is 5.69 Å². The van der Waals surface area contributed by atoms with Gasteiger partial charge in [0.1, 0.15) is 17.0 Å². The lowest BCUT2D eigenvalue weighted by Crippen LogP contribution is -2.43. The molecule has 2 rings (SSSR count). The fraction of sp³-hybridized carbons (Fsp3) is 0.364. The molecule has 1 atom stereocenters. The highest BCUT2D eigenvalue weighted by molar-refractivity contribution is 7.89. The van der Waals surface area contributed by atoms with Crippen LogP contribution in [0.15, 0.2) is 23.2 Å². The molecule has 100 valence electrons. The molecule has 0 aromatic carbocycles. The van der Waals surface area contributed by atoms with E-state index in [1.165, 1.54) is 18.3 Å². The van der Waals surface area contributed by atoms with Crippen molar-refractivity contribution < 1.29 is 13.2 Å². The maximum atomic E-state index is 12.5. The van der Waals surface area contributed by atoms with Gasteiger partial charge in [0, 0.05) is 12.7 Å². The summed E-state index contributed by atoms with van der Waals surface area (Å²) in [7, 11) is -3.93. The zero-order chi connectivity index (χ0) is 14.0. The third-order valence-electron chi connectivity index (χ3n) is 3.00. The number of rotatable bonds is 3. The highest BCUT2D eigenvalue weighted by atomic mass is 32.2. The van der Waals surface area contributed by atoms with Crippen LogP contribution >= 0.6 is 0 Å². The molecule has 1 aromatic heterocycles. The first-order valence-electron chi connectivity index (χ1n) is 5.64. The highest BCUT2D eigenvalue weighted by Gasteiger charge is 2.39. The van der Waals surface area contributed by atoms with Crippen molar-refractivity contribution in [1.29, 1.82) is 5.26 Å². The van der Waals surface area contributed by atoms with Crippen molar-refractivity contribution in [2.75, 3.05) is 6.54 Å². The molecule has 0 radical (unpaired) electrons. The van der Waals surface area contributed by atoms with Crippen molar-refractivity contribution in [3.8, 4) is 6.07 Å². The van der Waals surface area contributed by atoms with Crippen LogP contribution in [0, 0.1) is 11.3 Å². The lowest BCUT2D eigenvalue weighted by Gasteiger charge is -2.21. The van der Waals surface area contributed by atoms with Crippen LogP contribution in [0.25, 0.3) is 0 Å². The number of carbonyl (C=O) groups excluding carboxylic acids is 1. The Hall–Kier alpha value is -1.98. The molecule has 8 heteroatoms. The molecule has 1 fully saturated rings. The van der Waals surface area contributed by atoms with E-state index in [4.69, 9.17) is 11.0 Å². The predicted octanol–water partition coefficient (Wildman–Crippen LogP) is -0.408. The Morgan fingerprint density at radius 3 is 2.95 bits per heavy atom. The Morgan fingerprint density at radius 1 is 1.58 bits per heavy atom. The molecular formula is C11H12N4O3S. The largest absolute Gasteiger partial charge is 0.368 e. The number of hydrogen-bond acceptors (Lipinski definition) is 5. The average molecular weight is 280 g/mol. The van der Waals surface area contributed by atoms with Crippen LogP contribution in [0.4, 0.5) is 0 Å². The van der Waals surface area contributed by atoms with E-state index < -0.39 is 22.0 Å². The Morgan fingerprint density at radius 2 is 2.32 bits per heavy atom. The zero-order valence-corrected chi connectivity index (χ0v) is 10.8. The highest BCUT2D eigenvalue weighted by Crippen LogP contribution is 2.26. The summed E-state index contributed by atoms with van der Waals surface area (Å²) in [5.74, 6) is -0.677. The molecule has 1 unspecified atom stereocenters. The molecular weight excluding hydrogens is 268 g/mol. The van der Waals surface area contributed by atoms with Crippen molar-refractivity contribution in [3.05, 3.63) is 24.0 Å². The summed E-state index contributed by atoms with van der Waals surface area (Å²) < 4.78 is 26.0. The van der Waals surface area contributed by atoms with Gasteiger partial charge in [-0.05, 0) is 25.0 Å². The van der Waals surface area contributed by atoms with Gasteiger partial charge in [-0.2, -0.15) is 9.57 Å². The van der Waals surface area contributed by atoms with E-state index in [0.717, 1.165) is 4.31 Å². The molecule has 0 aliphatic carbocycles. The third-order valence-corrected chi connectivity index (χ3v) is 4.94. The number of nitrogens with two attached hydrogens (primary N) is 1. The summed E-state index contributed by atoms with van der Waals surface area (Å²) in [6.45, 7) is 0.218. The van der Waals surface area contributed by atoms with E-state index >= 15 is 0 Å². The van der Waals surface area contributed by atoms with Crippen LogP contribution in [-0.2, 0) is 14.8 Å². The van der Waals surface area contributed by atoms with Gasteiger partial charge in [0.2, 0.25) is 15.9 Å². The minimum Gasteiger partial charge on any atom is -0.368 e. The first-order valence-corrected chi connectivity index (χ1v) is 7.08. The maximum Gasteiger partial charge on any atom is 0.246 e. The second kappa shape index (κ2) is 4.95. The van der Waals surface area contributed by atoms with E-state index in [-0.39, 0.29) is 17.1 Å². The summed E-state index contributed by atoms with van der Waals surface area (Å²) >= 11 is 0. The van der Waals surface area contributed by atoms with Gasteiger partial charge < -0.3 is 5.73 Å². The number of amides is 1. The Balaban J connectivity index is 2.49. The second-order valence-electron chi connectivity index (χ2n) is 4.14. The molecule has 1 aliphatic rings. The summed E-state index contributed by atoms with van der Waals surface area (Å²) in [5.41, 5.74) is 5.03. The molecule has 0 saturated carbocycles. The molecule has 1 amide bonds. The van der Waals surface area contributed by atoms with E-state index in [0.29, 0.717) is 12.8 Å². The first-order chi connectivity index (χ1) is 8.98. The van der Waals surface area contributed by atoms with Gasteiger partial charge in [-0.15, -0.1) is 0 Å². The standard InChI is InChI=1S/C11H12N4O3S/c12-7-8-10(4-1-5-14-8)19(17,18)15-6-2-3-9(15)11(13)16/h1,4-5,9H,2-3,6H2,(H2,13,16). The van der Waals surface area contributed by atoms with Gasteiger partial charge in [0.25, 0.3) is 0 Å². The van der Waals surface area contributed by atoms with Crippen molar-refractivity contribution in [1.82, 2.24) is 9.29 Å². The number of carbonyl (C=O) groups is 1. The second-order valence-corrected chi connectivity index (χ2v) is 6.00. The average Bonchev–Trinajstić information content (AvgIpc) is 2.88. The molecule has 7 nitrogen and oxygen atoms in total. The Kier molecular flexibility index (Phi) is 3.50. The van der Waals surface area contributed by atoms with E-state index in [9.17, 15) is 13.2 Å². The fourth-order valence-electron chi connectivity index (χ4n) is 2.12. The number of pyridine rings is 1. The Labute approximate surface area is 110 Å². The summed E-state index contributed by atoms with van der Waals surface area (Å²) in [6, 6.07) is 3.62. The SMILES string of the molecule is N#Cc1ncccc1S(=O)(=O)N1CCCC1C(N)=O. The van der Waals surface area contributed by atoms with Gasteiger partial charge in [0.05, 0.1) is 0 Å². The molecule has 2 heterocycles. The smallest absolute Gasteiger partial charge is 0.246 e. The van der Waals surface area contributed by atoms with Crippen molar-refractivity contribution >= 4 is 15.9 Å². The predicted molar refractivity (Wildman–Crippen MR) is 65.1 cm³/mol. The molecule has 0 bridgehead atoms. The molecule has 1 aromatic rings. The van der Waals surface area contributed by atoms with Gasteiger partial charge in [-0.3, -0.25) is 4.79 Å². The summed E-state index contributed by atoms with van der Waals surface area (Å²) in [5, 5.41) is 8.91. The topological polar surface area (TPSA) is 117 Å². The Bertz CT molecular complexity index is 650. The van der Waals surface area contributed by atoms with E-state index in [2.05, 4.69) is 4.98 Å². The normalized spacial score (nSPS) is 20.1. The lowest BCUT2D eigenvalue weighted by atomic mass is 10.2. The molecule has 19 heavy (non-hydrogen) atoms. The number of aromatic nitrogens is 1. The first kappa shape index (κ1) is 13.5. The number of primary amides is 1. The lowest BCUT2D eigenvalue weighted by molar-refractivity contribution is -0.121. The minimum absolute atomic E-state index is 0.183. The van der Waals surface area contributed by atoms with Gasteiger partial charge in [-0.1, -0.05) is 0 Å². The van der Waals surface area contributed by atoms with Crippen LogP contribution in [-0.4, -0.2) is 36.2 Å². The summed E-state index contributed by atoms with van der Waals surface area (Å²) in [4.78, 5) is 14.8. The number of hydrogen-bond donors (Lipinski definition) is 1. The number of nitrogens with zero attached hydrogens (tertiary/aromatic N) is 3. The van der Waals surface area contributed by atoms with Gasteiger partial charge >= 0.3 is 0 Å². The molecule has 1 saturated heterocycles. The van der Waals surface area contributed by atoms with Crippen LogP contribution in [0.5, 0.6) is 0 Å².